The topological polar surface area (TPSA) is 90.0 Å². The third-order valence-corrected chi connectivity index (χ3v) is 3.92. The number of β-amino-alcohol motifs (C(OH)–C–C–N with tert-alkyl or cyclic N) is 1. The van der Waals surface area contributed by atoms with Crippen LogP contribution < -0.4 is 10.2 Å². The molecule has 3 rings (SSSR count). The van der Waals surface area contributed by atoms with Crippen molar-refractivity contribution in [1.82, 2.24) is 20.2 Å². The lowest BCUT2D eigenvalue weighted by molar-refractivity contribution is 0.148. The molecule has 0 aromatic carbocycles. The molecule has 3 heterocycles. The van der Waals surface area contributed by atoms with Crippen molar-refractivity contribution in [2.24, 2.45) is 5.92 Å². The van der Waals surface area contributed by atoms with E-state index in [0.29, 0.717) is 12.5 Å². The molecule has 0 amide bonds. The fourth-order valence-corrected chi connectivity index (χ4v) is 2.85. The average molecular weight is 302 g/mol. The van der Waals surface area contributed by atoms with E-state index in [4.69, 9.17) is 0 Å². The number of rotatable bonds is 5. The number of aliphatic hydroxyl groups is 1. The number of hydrogen-bond donors (Lipinski definition) is 3. The van der Waals surface area contributed by atoms with Crippen molar-refractivity contribution in [2.45, 2.75) is 26.4 Å². The van der Waals surface area contributed by atoms with Crippen molar-refractivity contribution < 1.29 is 5.11 Å². The van der Waals surface area contributed by atoms with Crippen molar-refractivity contribution in [3.63, 3.8) is 0 Å². The molecule has 22 heavy (non-hydrogen) atoms. The molecule has 7 heteroatoms. The van der Waals surface area contributed by atoms with Gasteiger partial charge in [0, 0.05) is 37.4 Å². The molecule has 0 aliphatic carbocycles. The summed E-state index contributed by atoms with van der Waals surface area (Å²) in [6.07, 6.45) is 2.12. The minimum Gasteiger partial charge on any atom is -0.391 e. The summed E-state index contributed by atoms with van der Waals surface area (Å²) in [5, 5.41) is 20.7. The van der Waals surface area contributed by atoms with Crippen LogP contribution in [0.4, 0.5) is 11.8 Å². The average Bonchev–Trinajstić information content (AvgIpc) is 3.07. The lowest BCUT2D eigenvalue weighted by Gasteiger charge is -2.16. The molecule has 118 valence electrons. The van der Waals surface area contributed by atoms with Crippen LogP contribution in [0.5, 0.6) is 0 Å². The lowest BCUT2D eigenvalue weighted by Crippen LogP contribution is -2.23. The van der Waals surface area contributed by atoms with Gasteiger partial charge in [-0.25, -0.2) is 4.98 Å². The molecule has 1 saturated heterocycles. The van der Waals surface area contributed by atoms with Gasteiger partial charge in [0.1, 0.15) is 5.82 Å². The third-order valence-electron chi connectivity index (χ3n) is 3.92. The standard InChI is InChI=1S/C15H22N6O/c1-3-16-14-4-5-17-15(18-14)21-8-11(13(22)9-21)7-12-6-10(2)19-20-12/h4-6,11,13,22H,3,7-9H2,1-2H3,(H,19,20)(H,16,17,18)/t11-,13+/m1/s1. The minimum atomic E-state index is -0.386. The van der Waals surface area contributed by atoms with E-state index in [1.807, 2.05) is 30.9 Å². The molecular formula is C15H22N6O. The summed E-state index contributed by atoms with van der Waals surface area (Å²) >= 11 is 0. The van der Waals surface area contributed by atoms with E-state index in [2.05, 4.69) is 25.5 Å². The molecule has 0 unspecified atom stereocenters. The Labute approximate surface area is 129 Å². The van der Waals surface area contributed by atoms with Gasteiger partial charge < -0.3 is 15.3 Å². The highest BCUT2D eigenvalue weighted by molar-refractivity contribution is 5.42. The van der Waals surface area contributed by atoms with Crippen LogP contribution in [0.3, 0.4) is 0 Å². The number of aliphatic hydroxyl groups excluding tert-OH is 1. The van der Waals surface area contributed by atoms with E-state index in [9.17, 15) is 5.11 Å². The largest absolute Gasteiger partial charge is 0.391 e. The Bertz CT molecular complexity index is 628. The predicted octanol–water partition coefficient (Wildman–Crippen LogP) is 0.980. The zero-order valence-electron chi connectivity index (χ0n) is 13.0. The maximum Gasteiger partial charge on any atom is 0.227 e. The van der Waals surface area contributed by atoms with Gasteiger partial charge in [-0.3, -0.25) is 5.10 Å². The zero-order valence-corrected chi connectivity index (χ0v) is 13.0. The summed E-state index contributed by atoms with van der Waals surface area (Å²) in [7, 11) is 0. The van der Waals surface area contributed by atoms with E-state index >= 15 is 0 Å². The SMILES string of the molecule is CCNc1ccnc(N2C[C@@H](Cc3cc(C)[nH]n3)[C@@H](O)C2)n1. The van der Waals surface area contributed by atoms with E-state index in [0.717, 1.165) is 36.7 Å². The first-order valence-corrected chi connectivity index (χ1v) is 7.66. The summed E-state index contributed by atoms with van der Waals surface area (Å²) in [6, 6.07) is 3.88. The second-order valence-electron chi connectivity index (χ2n) is 5.75. The molecule has 0 bridgehead atoms. The fourth-order valence-electron chi connectivity index (χ4n) is 2.85. The molecule has 1 aliphatic rings. The molecule has 0 spiro atoms. The van der Waals surface area contributed by atoms with Crippen molar-refractivity contribution in [3.05, 3.63) is 29.7 Å². The van der Waals surface area contributed by atoms with Gasteiger partial charge >= 0.3 is 0 Å². The molecule has 1 aliphatic heterocycles. The Kier molecular flexibility index (Phi) is 4.24. The van der Waals surface area contributed by atoms with Crippen molar-refractivity contribution in [2.75, 3.05) is 29.9 Å². The first-order chi connectivity index (χ1) is 10.7. The summed E-state index contributed by atoms with van der Waals surface area (Å²) in [6.45, 7) is 6.13. The maximum atomic E-state index is 10.3. The summed E-state index contributed by atoms with van der Waals surface area (Å²) in [4.78, 5) is 10.9. The van der Waals surface area contributed by atoms with E-state index in [1.165, 1.54) is 0 Å². The monoisotopic (exact) mass is 302 g/mol. The van der Waals surface area contributed by atoms with Crippen LogP contribution in [-0.4, -0.2) is 51.0 Å². The van der Waals surface area contributed by atoms with Crippen LogP contribution in [0.25, 0.3) is 0 Å². The van der Waals surface area contributed by atoms with E-state index in [1.54, 1.807) is 6.20 Å². The van der Waals surface area contributed by atoms with Crippen LogP contribution in [0.1, 0.15) is 18.3 Å². The quantitative estimate of drug-likeness (QED) is 0.763. The Balaban J connectivity index is 1.68. The second-order valence-corrected chi connectivity index (χ2v) is 5.75. The van der Waals surface area contributed by atoms with Gasteiger partial charge in [-0.05, 0) is 32.4 Å². The molecule has 7 nitrogen and oxygen atoms in total. The summed E-state index contributed by atoms with van der Waals surface area (Å²) < 4.78 is 0. The van der Waals surface area contributed by atoms with Crippen molar-refractivity contribution in [1.29, 1.82) is 0 Å². The van der Waals surface area contributed by atoms with Gasteiger partial charge in [0.25, 0.3) is 0 Å². The maximum absolute atomic E-state index is 10.3. The minimum absolute atomic E-state index is 0.147. The molecule has 0 saturated carbocycles. The predicted molar refractivity (Wildman–Crippen MR) is 84.9 cm³/mol. The van der Waals surface area contributed by atoms with Gasteiger partial charge in [0.2, 0.25) is 5.95 Å². The van der Waals surface area contributed by atoms with Crippen LogP contribution in [0, 0.1) is 12.8 Å². The number of anilines is 2. The first kappa shape index (κ1) is 14.8. The van der Waals surface area contributed by atoms with E-state index in [-0.39, 0.29) is 12.0 Å². The number of aromatic nitrogens is 4. The number of nitrogens with one attached hydrogen (secondary N) is 2. The van der Waals surface area contributed by atoms with Crippen molar-refractivity contribution in [3.8, 4) is 0 Å². The second kappa shape index (κ2) is 6.31. The van der Waals surface area contributed by atoms with Crippen LogP contribution >= 0.6 is 0 Å². The summed E-state index contributed by atoms with van der Waals surface area (Å²) in [5.41, 5.74) is 2.03. The van der Waals surface area contributed by atoms with E-state index < -0.39 is 0 Å². The lowest BCUT2D eigenvalue weighted by atomic mass is 10.0. The molecule has 2 aromatic heterocycles. The Morgan fingerprint density at radius 3 is 3.05 bits per heavy atom. The highest BCUT2D eigenvalue weighted by atomic mass is 16.3. The highest BCUT2D eigenvalue weighted by Gasteiger charge is 2.33. The molecule has 2 atom stereocenters. The molecule has 1 fully saturated rings. The fraction of sp³-hybridized carbons (Fsp3) is 0.533. The van der Waals surface area contributed by atoms with Crippen LogP contribution in [0.15, 0.2) is 18.3 Å². The Morgan fingerprint density at radius 2 is 2.32 bits per heavy atom. The van der Waals surface area contributed by atoms with Crippen LogP contribution in [-0.2, 0) is 6.42 Å². The third kappa shape index (κ3) is 3.19. The first-order valence-electron chi connectivity index (χ1n) is 7.66. The normalized spacial score (nSPS) is 21.3. The number of aromatic amines is 1. The number of aryl methyl sites for hydroxylation is 1. The van der Waals surface area contributed by atoms with Gasteiger partial charge in [0.15, 0.2) is 0 Å². The van der Waals surface area contributed by atoms with Gasteiger partial charge in [-0.15, -0.1) is 0 Å². The Hall–Kier alpha value is -2.15. The zero-order chi connectivity index (χ0) is 15.5. The molecule has 2 aromatic rings. The van der Waals surface area contributed by atoms with Crippen LogP contribution in [0.2, 0.25) is 0 Å². The molecular weight excluding hydrogens is 280 g/mol. The summed E-state index contributed by atoms with van der Waals surface area (Å²) in [5.74, 6) is 1.63. The highest BCUT2D eigenvalue weighted by Crippen LogP contribution is 2.24. The number of nitrogens with zero attached hydrogens (tertiary/aromatic N) is 4. The van der Waals surface area contributed by atoms with Gasteiger partial charge in [0.05, 0.1) is 11.8 Å². The smallest absolute Gasteiger partial charge is 0.227 e. The van der Waals surface area contributed by atoms with Crippen molar-refractivity contribution >= 4 is 11.8 Å². The molecule has 3 N–H and O–H groups in total. The van der Waals surface area contributed by atoms with Gasteiger partial charge in [-0.1, -0.05) is 0 Å². The number of H-pyrrole nitrogens is 1. The molecule has 0 radical (unpaired) electrons. The number of hydrogen-bond acceptors (Lipinski definition) is 6. The van der Waals surface area contributed by atoms with Gasteiger partial charge in [-0.2, -0.15) is 10.1 Å². The Morgan fingerprint density at radius 1 is 1.45 bits per heavy atom.